The van der Waals surface area contributed by atoms with E-state index in [9.17, 15) is 14.4 Å². The predicted octanol–water partition coefficient (Wildman–Crippen LogP) is 5.03. The average Bonchev–Trinajstić information content (AvgIpc) is 2.85. The predicted molar refractivity (Wildman–Crippen MR) is 138 cm³/mol. The molecule has 0 radical (unpaired) electrons. The topological polar surface area (TPSA) is 99.8 Å². The maximum absolute atomic E-state index is 13.6. The Bertz CT molecular complexity index is 1030. The Morgan fingerprint density at radius 2 is 1.63 bits per heavy atom. The number of methoxy groups -OCH3 is 1. The molecule has 3 N–H and O–H groups in total. The second-order valence-corrected chi connectivity index (χ2v) is 9.27. The number of benzene rings is 2. The number of carbonyl (C=O) groups is 3. The molecule has 4 amide bonds. The molecule has 0 bridgehead atoms. The molecule has 0 aromatic heterocycles. The van der Waals surface area contributed by atoms with Crippen LogP contribution in [0.15, 0.2) is 48.5 Å². The van der Waals surface area contributed by atoms with Gasteiger partial charge in [0.1, 0.15) is 11.3 Å². The molecular weight excluding hydrogens is 444 g/mol. The van der Waals surface area contributed by atoms with Gasteiger partial charge in [0.05, 0.1) is 18.4 Å². The highest BCUT2D eigenvalue weighted by Crippen LogP contribution is 2.25. The number of likely N-dealkylation sites (N-methyl/N-ethyl adjacent to an activating group) is 1. The molecule has 0 atom stereocenters. The van der Waals surface area contributed by atoms with Gasteiger partial charge in [0.25, 0.3) is 5.91 Å². The summed E-state index contributed by atoms with van der Waals surface area (Å²) < 4.78 is 5.13. The summed E-state index contributed by atoms with van der Waals surface area (Å²) in [5.41, 5.74) is 0.216. The average molecular weight is 481 g/mol. The van der Waals surface area contributed by atoms with Gasteiger partial charge in [-0.25, -0.2) is 4.79 Å². The van der Waals surface area contributed by atoms with Crippen LogP contribution in [0.5, 0.6) is 5.75 Å². The Balaban J connectivity index is 1.73. The molecular formula is C27H36N4O4. The van der Waals surface area contributed by atoms with E-state index in [1.165, 1.54) is 6.42 Å². The van der Waals surface area contributed by atoms with Gasteiger partial charge in [-0.2, -0.15) is 0 Å². The Labute approximate surface area is 207 Å². The van der Waals surface area contributed by atoms with Crippen LogP contribution in [0.3, 0.4) is 0 Å². The van der Waals surface area contributed by atoms with Crippen molar-refractivity contribution < 1.29 is 19.1 Å². The van der Waals surface area contributed by atoms with Crippen LogP contribution in [-0.4, -0.2) is 48.0 Å². The van der Waals surface area contributed by atoms with Crippen molar-refractivity contribution in [1.29, 1.82) is 0 Å². The Morgan fingerprint density at radius 1 is 0.971 bits per heavy atom. The summed E-state index contributed by atoms with van der Waals surface area (Å²) in [6.07, 6.45) is 5.36. The fourth-order valence-corrected chi connectivity index (χ4v) is 4.41. The molecule has 2 aromatic rings. The zero-order chi connectivity index (χ0) is 25.4. The van der Waals surface area contributed by atoms with Gasteiger partial charge in [0.2, 0.25) is 5.91 Å². The van der Waals surface area contributed by atoms with Crippen molar-refractivity contribution in [2.75, 3.05) is 24.3 Å². The molecule has 0 saturated heterocycles. The van der Waals surface area contributed by atoms with Crippen LogP contribution in [-0.2, 0) is 4.79 Å². The number of anilines is 2. The fraction of sp³-hybridized carbons (Fsp3) is 0.444. The van der Waals surface area contributed by atoms with Crippen LogP contribution in [0.1, 0.15) is 63.2 Å². The van der Waals surface area contributed by atoms with E-state index < -0.39 is 11.6 Å². The lowest BCUT2D eigenvalue weighted by atomic mass is 9.93. The van der Waals surface area contributed by atoms with Crippen LogP contribution in [0.25, 0.3) is 0 Å². The summed E-state index contributed by atoms with van der Waals surface area (Å²) in [4.78, 5) is 41.0. The summed E-state index contributed by atoms with van der Waals surface area (Å²) in [6.45, 7) is 5.72. The Morgan fingerprint density at radius 3 is 2.26 bits per heavy atom. The van der Waals surface area contributed by atoms with Crippen molar-refractivity contribution in [2.24, 2.45) is 0 Å². The first-order valence-electron chi connectivity index (χ1n) is 12.2. The molecule has 8 nitrogen and oxygen atoms in total. The normalized spacial score (nSPS) is 14.1. The monoisotopic (exact) mass is 480 g/mol. The number of nitrogens with one attached hydrogen (secondary N) is 3. The van der Waals surface area contributed by atoms with Crippen molar-refractivity contribution in [3.8, 4) is 5.75 Å². The number of para-hydroxylation sites is 1. The Kier molecular flexibility index (Phi) is 8.73. The molecule has 35 heavy (non-hydrogen) atoms. The Hall–Kier alpha value is -3.55. The largest absolute Gasteiger partial charge is 0.497 e. The second-order valence-electron chi connectivity index (χ2n) is 9.27. The van der Waals surface area contributed by atoms with E-state index in [2.05, 4.69) is 16.0 Å². The lowest BCUT2D eigenvalue weighted by Crippen LogP contribution is -2.58. The first kappa shape index (κ1) is 26.1. The number of carbonyl (C=O) groups excluding carboxylic acids is 3. The molecule has 0 spiro atoms. The zero-order valence-electron chi connectivity index (χ0n) is 21.0. The van der Waals surface area contributed by atoms with E-state index in [1.54, 1.807) is 74.4 Å². The summed E-state index contributed by atoms with van der Waals surface area (Å²) >= 11 is 0. The van der Waals surface area contributed by atoms with E-state index >= 15 is 0 Å². The van der Waals surface area contributed by atoms with Crippen molar-refractivity contribution in [1.82, 2.24) is 10.2 Å². The number of ether oxygens (including phenoxy) is 1. The van der Waals surface area contributed by atoms with Crippen LogP contribution >= 0.6 is 0 Å². The maximum atomic E-state index is 13.6. The third-order valence-corrected chi connectivity index (χ3v) is 6.49. The first-order chi connectivity index (χ1) is 16.8. The third-order valence-electron chi connectivity index (χ3n) is 6.49. The quantitative estimate of drug-likeness (QED) is 0.493. The molecule has 0 heterocycles. The van der Waals surface area contributed by atoms with Gasteiger partial charge in [0, 0.05) is 18.3 Å². The minimum Gasteiger partial charge on any atom is -0.497 e. The van der Waals surface area contributed by atoms with Gasteiger partial charge in [-0.05, 0) is 70.0 Å². The lowest BCUT2D eigenvalue weighted by molar-refractivity contribution is -0.131. The van der Waals surface area contributed by atoms with Gasteiger partial charge in [-0.3, -0.25) is 9.59 Å². The van der Waals surface area contributed by atoms with Crippen LogP contribution < -0.4 is 20.7 Å². The van der Waals surface area contributed by atoms with Gasteiger partial charge in [0.15, 0.2) is 0 Å². The van der Waals surface area contributed by atoms with E-state index in [4.69, 9.17) is 4.74 Å². The molecule has 3 rings (SSSR count). The summed E-state index contributed by atoms with van der Waals surface area (Å²) in [6, 6.07) is 13.4. The van der Waals surface area contributed by atoms with E-state index in [-0.39, 0.29) is 17.9 Å². The molecule has 0 unspecified atom stereocenters. The number of hydrogen-bond acceptors (Lipinski definition) is 4. The molecule has 188 valence electrons. The fourth-order valence-electron chi connectivity index (χ4n) is 4.41. The molecule has 2 aromatic carbocycles. The van der Waals surface area contributed by atoms with E-state index in [0.29, 0.717) is 29.2 Å². The van der Waals surface area contributed by atoms with Crippen molar-refractivity contribution in [3.63, 3.8) is 0 Å². The van der Waals surface area contributed by atoms with Crippen molar-refractivity contribution >= 4 is 29.2 Å². The summed E-state index contributed by atoms with van der Waals surface area (Å²) in [7, 11) is 1.57. The van der Waals surface area contributed by atoms with Crippen LogP contribution in [0.2, 0.25) is 0 Å². The highest BCUT2D eigenvalue weighted by Gasteiger charge is 2.38. The van der Waals surface area contributed by atoms with Crippen molar-refractivity contribution in [2.45, 2.75) is 64.5 Å². The highest BCUT2D eigenvalue weighted by atomic mass is 16.5. The minimum atomic E-state index is -1.05. The molecule has 1 aliphatic rings. The minimum absolute atomic E-state index is 0.153. The molecule has 8 heteroatoms. The van der Waals surface area contributed by atoms with Gasteiger partial charge >= 0.3 is 6.03 Å². The number of urea groups is 1. The van der Waals surface area contributed by atoms with E-state index in [1.807, 2.05) is 6.92 Å². The van der Waals surface area contributed by atoms with E-state index in [0.717, 1.165) is 25.7 Å². The van der Waals surface area contributed by atoms with Crippen LogP contribution in [0.4, 0.5) is 16.2 Å². The van der Waals surface area contributed by atoms with Gasteiger partial charge in [-0.1, -0.05) is 31.4 Å². The molecule has 0 aliphatic heterocycles. The van der Waals surface area contributed by atoms with Crippen molar-refractivity contribution in [3.05, 3.63) is 54.1 Å². The van der Waals surface area contributed by atoms with Gasteiger partial charge < -0.3 is 25.6 Å². The lowest BCUT2D eigenvalue weighted by Gasteiger charge is -2.38. The number of rotatable bonds is 8. The number of hydrogen-bond donors (Lipinski definition) is 3. The molecule has 1 saturated carbocycles. The smallest absolute Gasteiger partial charge is 0.323 e. The third kappa shape index (κ3) is 6.53. The first-order valence-corrected chi connectivity index (χ1v) is 12.2. The number of nitrogens with zero attached hydrogens (tertiary/aromatic N) is 1. The van der Waals surface area contributed by atoms with Crippen LogP contribution in [0, 0.1) is 0 Å². The highest BCUT2D eigenvalue weighted by molar-refractivity contribution is 6.07. The molecule has 1 aliphatic carbocycles. The number of amides is 4. The summed E-state index contributed by atoms with van der Waals surface area (Å²) in [5, 5.41) is 8.66. The zero-order valence-corrected chi connectivity index (χ0v) is 21.0. The van der Waals surface area contributed by atoms with Gasteiger partial charge in [-0.15, -0.1) is 0 Å². The summed E-state index contributed by atoms with van der Waals surface area (Å²) in [5.74, 6) is 0.195. The SMILES string of the molecule is CCN(C(=O)c1ccccc1NC(=O)Nc1ccc(OC)cc1)C(C)(C)C(=O)NC1CCCCC1. The maximum Gasteiger partial charge on any atom is 0.323 e. The second kappa shape index (κ2) is 11.7. The standard InChI is InChI=1S/C27H36N4O4/c1-5-31(27(2,3)25(33)28-19-11-7-6-8-12-19)24(32)22-13-9-10-14-23(22)30-26(34)29-20-15-17-21(35-4)18-16-20/h9-10,13-19H,5-8,11-12H2,1-4H3,(H,28,33)(H2,29,30,34). The molecule has 1 fully saturated rings.